The van der Waals surface area contributed by atoms with Crippen molar-refractivity contribution >= 4 is 5.84 Å². The van der Waals surface area contributed by atoms with Gasteiger partial charge < -0.3 is 10.5 Å². The van der Waals surface area contributed by atoms with Gasteiger partial charge in [0.2, 0.25) is 0 Å². The average Bonchev–Trinajstić information content (AvgIpc) is 2.42. The first-order chi connectivity index (χ1) is 9.58. The Labute approximate surface area is 119 Å². The number of nitrogens with zero attached hydrogens (tertiary/aromatic N) is 1. The summed E-state index contributed by atoms with van der Waals surface area (Å²) in [6.07, 6.45) is 4.41. The van der Waals surface area contributed by atoms with Crippen LogP contribution in [-0.2, 0) is 6.42 Å². The van der Waals surface area contributed by atoms with Crippen molar-refractivity contribution in [3.63, 3.8) is 0 Å². The fraction of sp³-hybridized carbons (Fsp3) is 0.250. The third kappa shape index (κ3) is 3.35. The van der Waals surface area contributed by atoms with E-state index in [1.165, 1.54) is 5.56 Å². The molecule has 0 atom stereocenters. The minimum atomic E-state index is 0.0829. The van der Waals surface area contributed by atoms with E-state index in [9.17, 15) is 0 Å². The Kier molecular flexibility index (Phi) is 4.35. The zero-order valence-electron chi connectivity index (χ0n) is 11.8. The van der Waals surface area contributed by atoms with Crippen molar-refractivity contribution in [2.75, 3.05) is 6.61 Å². The van der Waals surface area contributed by atoms with E-state index in [0.717, 1.165) is 28.9 Å². The van der Waals surface area contributed by atoms with E-state index in [-0.39, 0.29) is 5.84 Å². The van der Waals surface area contributed by atoms with E-state index in [4.69, 9.17) is 15.9 Å². The summed E-state index contributed by atoms with van der Waals surface area (Å²) in [4.78, 5) is 3.99. The molecule has 1 aromatic carbocycles. The SMILES string of the molecule is Cc1cc(C(=N)N)cc(C)c1OCCc1ccncc1. The number of amidine groups is 1. The standard InChI is InChI=1S/C16H19N3O/c1-11-9-14(16(17)18)10-12(2)15(11)20-8-5-13-3-6-19-7-4-13/h3-4,6-7,9-10H,5,8H2,1-2H3,(H3,17,18). The van der Waals surface area contributed by atoms with Gasteiger partial charge in [0.05, 0.1) is 6.61 Å². The molecule has 1 heterocycles. The lowest BCUT2D eigenvalue weighted by Crippen LogP contribution is -2.12. The molecule has 20 heavy (non-hydrogen) atoms. The van der Waals surface area contributed by atoms with Gasteiger partial charge in [0.25, 0.3) is 0 Å². The first-order valence-electron chi connectivity index (χ1n) is 6.55. The van der Waals surface area contributed by atoms with Crippen LogP contribution >= 0.6 is 0 Å². The molecular weight excluding hydrogens is 250 g/mol. The van der Waals surface area contributed by atoms with Gasteiger partial charge in [0.1, 0.15) is 11.6 Å². The zero-order valence-corrected chi connectivity index (χ0v) is 11.8. The Morgan fingerprint density at radius 1 is 1.20 bits per heavy atom. The normalized spacial score (nSPS) is 10.3. The maximum Gasteiger partial charge on any atom is 0.125 e. The van der Waals surface area contributed by atoms with Gasteiger partial charge >= 0.3 is 0 Å². The molecule has 4 nitrogen and oxygen atoms in total. The van der Waals surface area contributed by atoms with E-state index in [1.54, 1.807) is 12.4 Å². The van der Waals surface area contributed by atoms with Crippen LogP contribution in [0.5, 0.6) is 5.75 Å². The van der Waals surface area contributed by atoms with Crippen LogP contribution in [0.15, 0.2) is 36.7 Å². The molecule has 0 amide bonds. The molecule has 2 rings (SSSR count). The first-order valence-corrected chi connectivity index (χ1v) is 6.55. The summed E-state index contributed by atoms with van der Waals surface area (Å²) in [6.45, 7) is 4.56. The third-order valence-electron chi connectivity index (χ3n) is 3.16. The van der Waals surface area contributed by atoms with E-state index in [0.29, 0.717) is 6.61 Å². The second-order valence-electron chi connectivity index (χ2n) is 4.81. The van der Waals surface area contributed by atoms with E-state index in [1.807, 2.05) is 38.1 Å². The molecule has 4 heteroatoms. The Morgan fingerprint density at radius 3 is 2.35 bits per heavy atom. The van der Waals surface area contributed by atoms with E-state index in [2.05, 4.69) is 4.98 Å². The summed E-state index contributed by atoms with van der Waals surface area (Å²) in [5.41, 5.74) is 9.47. The van der Waals surface area contributed by atoms with Gasteiger partial charge in [-0.3, -0.25) is 10.4 Å². The number of nitrogen functional groups attached to an aromatic ring is 1. The highest BCUT2D eigenvalue weighted by atomic mass is 16.5. The molecular formula is C16H19N3O. The molecule has 1 aromatic heterocycles. The van der Waals surface area contributed by atoms with Gasteiger partial charge in [-0.2, -0.15) is 0 Å². The predicted octanol–water partition coefficient (Wildman–Crippen LogP) is 2.60. The van der Waals surface area contributed by atoms with E-state index >= 15 is 0 Å². The molecule has 0 aliphatic rings. The Balaban J connectivity index is 2.05. The number of hydrogen-bond acceptors (Lipinski definition) is 3. The van der Waals surface area contributed by atoms with Gasteiger partial charge in [0, 0.05) is 24.4 Å². The van der Waals surface area contributed by atoms with Crippen molar-refractivity contribution < 1.29 is 4.74 Å². The minimum Gasteiger partial charge on any atom is -0.493 e. The second kappa shape index (κ2) is 6.19. The summed E-state index contributed by atoms with van der Waals surface area (Å²) < 4.78 is 5.87. The Morgan fingerprint density at radius 2 is 1.80 bits per heavy atom. The number of pyridine rings is 1. The molecule has 0 bridgehead atoms. The maximum atomic E-state index is 7.48. The molecule has 0 saturated carbocycles. The van der Waals surface area contributed by atoms with Crippen molar-refractivity contribution in [2.45, 2.75) is 20.3 Å². The number of nitrogens with two attached hydrogens (primary N) is 1. The summed E-state index contributed by atoms with van der Waals surface area (Å²) >= 11 is 0. The molecule has 0 saturated heterocycles. The Hall–Kier alpha value is -2.36. The molecule has 0 radical (unpaired) electrons. The molecule has 3 N–H and O–H groups in total. The fourth-order valence-corrected chi connectivity index (χ4v) is 2.15. The molecule has 0 spiro atoms. The van der Waals surface area contributed by atoms with Crippen LogP contribution in [0.1, 0.15) is 22.3 Å². The second-order valence-corrected chi connectivity index (χ2v) is 4.81. The van der Waals surface area contributed by atoms with Gasteiger partial charge in [0.15, 0.2) is 0 Å². The highest BCUT2D eigenvalue weighted by molar-refractivity contribution is 5.95. The highest BCUT2D eigenvalue weighted by Crippen LogP contribution is 2.24. The topological polar surface area (TPSA) is 72.0 Å². The molecule has 0 fully saturated rings. The van der Waals surface area contributed by atoms with Crippen molar-refractivity contribution in [1.82, 2.24) is 4.98 Å². The van der Waals surface area contributed by atoms with E-state index < -0.39 is 0 Å². The van der Waals surface area contributed by atoms with Crippen molar-refractivity contribution in [1.29, 1.82) is 5.41 Å². The minimum absolute atomic E-state index is 0.0829. The lowest BCUT2D eigenvalue weighted by Gasteiger charge is -2.13. The Bertz CT molecular complexity index is 585. The van der Waals surface area contributed by atoms with Crippen LogP contribution in [0.2, 0.25) is 0 Å². The summed E-state index contributed by atoms with van der Waals surface area (Å²) in [6, 6.07) is 7.75. The smallest absolute Gasteiger partial charge is 0.125 e. The molecule has 0 unspecified atom stereocenters. The van der Waals surface area contributed by atoms with Crippen molar-refractivity contribution in [2.24, 2.45) is 5.73 Å². The van der Waals surface area contributed by atoms with Crippen LogP contribution in [0.4, 0.5) is 0 Å². The highest BCUT2D eigenvalue weighted by Gasteiger charge is 2.08. The van der Waals surface area contributed by atoms with Crippen molar-refractivity contribution in [3.05, 3.63) is 58.9 Å². The maximum absolute atomic E-state index is 7.48. The largest absolute Gasteiger partial charge is 0.493 e. The lowest BCUT2D eigenvalue weighted by atomic mass is 10.1. The van der Waals surface area contributed by atoms with Crippen LogP contribution in [0, 0.1) is 19.3 Å². The quantitative estimate of drug-likeness (QED) is 0.647. The number of aryl methyl sites for hydroxylation is 2. The van der Waals surface area contributed by atoms with Crippen molar-refractivity contribution in [3.8, 4) is 5.75 Å². The predicted molar refractivity (Wildman–Crippen MR) is 80.4 cm³/mol. The molecule has 0 aliphatic carbocycles. The number of nitrogens with one attached hydrogen (secondary N) is 1. The monoisotopic (exact) mass is 269 g/mol. The fourth-order valence-electron chi connectivity index (χ4n) is 2.15. The van der Waals surface area contributed by atoms with Crippen LogP contribution in [0.3, 0.4) is 0 Å². The van der Waals surface area contributed by atoms with Crippen LogP contribution < -0.4 is 10.5 Å². The number of benzene rings is 1. The van der Waals surface area contributed by atoms with Gasteiger partial charge in [-0.1, -0.05) is 0 Å². The summed E-state index contributed by atoms with van der Waals surface area (Å²) in [5.74, 6) is 0.962. The number of hydrogen-bond donors (Lipinski definition) is 2. The third-order valence-corrected chi connectivity index (χ3v) is 3.16. The van der Waals surface area contributed by atoms with Gasteiger partial charge in [-0.25, -0.2) is 0 Å². The molecule has 0 aliphatic heterocycles. The summed E-state index contributed by atoms with van der Waals surface area (Å²) in [5, 5.41) is 7.48. The average molecular weight is 269 g/mol. The van der Waals surface area contributed by atoms with Crippen LogP contribution in [0.25, 0.3) is 0 Å². The van der Waals surface area contributed by atoms with Gasteiger partial charge in [-0.15, -0.1) is 0 Å². The first kappa shape index (κ1) is 14.1. The summed E-state index contributed by atoms with van der Waals surface area (Å²) in [7, 11) is 0. The number of rotatable bonds is 5. The van der Waals surface area contributed by atoms with Gasteiger partial charge in [-0.05, 0) is 54.8 Å². The number of ether oxygens (including phenoxy) is 1. The molecule has 2 aromatic rings. The number of aromatic nitrogens is 1. The molecule has 104 valence electrons. The van der Waals surface area contributed by atoms with Crippen LogP contribution in [-0.4, -0.2) is 17.4 Å². The zero-order chi connectivity index (χ0) is 14.5. The lowest BCUT2D eigenvalue weighted by molar-refractivity contribution is 0.317.